The molecular formula is C18H20BrNO. The molecule has 0 bridgehead atoms. The first kappa shape index (κ1) is 14.6. The summed E-state index contributed by atoms with van der Waals surface area (Å²) in [5.41, 5.74) is 11.5. The van der Waals surface area contributed by atoms with Crippen LogP contribution in [0.25, 0.3) is 0 Å². The number of hydrogen-bond donors (Lipinski definition) is 1. The van der Waals surface area contributed by atoms with Crippen molar-refractivity contribution in [3.05, 3.63) is 63.1 Å². The second-order valence-electron chi connectivity index (χ2n) is 5.69. The van der Waals surface area contributed by atoms with Crippen LogP contribution in [0.1, 0.15) is 34.7 Å². The summed E-state index contributed by atoms with van der Waals surface area (Å²) in [5, 5.41) is 0. The average Bonchev–Trinajstić information content (AvgIpc) is 2.92. The van der Waals surface area contributed by atoms with E-state index in [0.29, 0.717) is 0 Å². The number of rotatable bonds is 4. The Labute approximate surface area is 134 Å². The Morgan fingerprint density at radius 2 is 2.10 bits per heavy atom. The average molecular weight is 346 g/mol. The van der Waals surface area contributed by atoms with Gasteiger partial charge in [-0.1, -0.05) is 34.1 Å². The third-order valence-electron chi connectivity index (χ3n) is 4.13. The van der Waals surface area contributed by atoms with Gasteiger partial charge in [0.1, 0.15) is 5.75 Å². The monoisotopic (exact) mass is 345 g/mol. The lowest BCUT2D eigenvalue weighted by Crippen LogP contribution is -2.12. The molecule has 1 aliphatic heterocycles. The van der Waals surface area contributed by atoms with E-state index in [1.807, 2.05) is 0 Å². The fourth-order valence-electron chi connectivity index (χ4n) is 2.93. The molecule has 0 radical (unpaired) electrons. The maximum Gasteiger partial charge on any atom is 0.122 e. The lowest BCUT2D eigenvalue weighted by molar-refractivity contribution is 0.357. The van der Waals surface area contributed by atoms with E-state index < -0.39 is 0 Å². The van der Waals surface area contributed by atoms with Crippen LogP contribution >= 0.6 is 15.9 Å². The molecule has 3 heteroatoms. The van der Waals surface area contributed by atoms with E-state index >= 15 is 0 Å². The Kier molecular flexibility index (Phi) is 4.32. The lowest BCUT2D eigenvalue weighted by Gasteiger charge is -2.15. The van der Waals surface area contributed by atoms with Crippen molar-refractivity contribution in [2.45, 2.75) is 32.2 Å². The van der Waals surface area contributed by atoms with Crippen LogP contribution in [0.5, 0.6) is 5.75 Å². The van der Waals surface area contributed by atoms with Crippen LogP contribution in [0, 0.1) is 6.92 Å². The number of halogens is 1. The van der Waals surface area contributed by atoms with Crippen molar-refractivity contribution >= 4 is 15.9 Å². The quantitative estimate of drug-likeness (QED) is 0.895. The molecule has 0 saturated heterocycles. The van der Waals surface area contributed by atoms with Crippen molar-refractivity contribution in [2.24, 2.45) is 5.73 Å². The van der Waals surface area contributed by atoms with E-state index in [1.165, 1.54) is 22.3 Å². The van der Waals surface area contributed by atoms with Gasteiger partial charge in [0.05, 0.1) is 6.61 Å². The van der Waals surface area contributed by atoms with Crippen molar-refractivity contribution < 1.29 is 4.74 Å². The smallest absolute Gasteiger partial charge is 0.122 e. The number of benzene rings is 2. The van der Waals surface area contributed by atoms with Gasteiger partial charge in [-0.3, -0.25) is 0 Å². The summed E-state index contributed by atoms with van der Waals surface area (Å²) in [6, 6.07) is 12.9. The topological polar surface area (TPSA) is 35.2 Å². The molecule has 2 nitrogen and oxygen atoms in total. The maximum absolute atomic E-state index is 6.37. The van der Waals surface area contributed by atoms with Gasteiger partial charge in [-0.15, -0.1) is 0 Å². The fourth-order valence-corrected chi connectivity index (χ4v) is 3.40. The van der Waals surface area contributed by atoms with E-state index in [0.717, 1.165) is 36.1 Å². The molecule has 1 heterocycles. The third kappa shape index (κ3) is 3.30. The van der Waals surface area contributed by atoms with E-state index in [9.17, 15) is 0 Å². The molecule has 2 N–H and O–H groups in total. The second-order valence-corrected chi connectivity index (χ2v) is 6.60. The Morgan fingerprint density at radius 1 is 1.24 bits per heavy atom. The zero-order valence-corrected chi connectivity index (χ0v) is 13.8. The third-order valence-corrected chi connectivity index (χ3v) is 4.62. The Morgan fingerprint density at radius 3 is 2.90 bits per heavy atom. The van der Waals surface area contributed by atoms with E-state index in [1.54, 1.807) is 0 Å². The minimum atomic E-state index is 0.0857. The number of fused-ring (bicyclic) bond motifs is 1. The highest BCUT2D eigenvalue weighted by molar-refractivity contribution is 9.10. The summed E-state index contributed by atoms with van der Waals surface area (Å²) >= 11 is 3.50. The van der Waals surface area contributed by atoms with Crippen LogP contribution in [-0.2, 0) is 12.8 Å². The standard InChI is InChI=1S/C18H20BrNO/c1-12-10-15(19)4-5-16(12)17(20)6-2-13-3-7-18-14(11-13)8-9-21-18/h3-5,7,10-11,17H,2,6,8-9,20H2,1H3. The fraction of sp³-hybridized carbons (Fsp3) is 0.333. The molecule has 110 valence electrons. The molecule has 3 rings (SSSR count). The first-order valence-electron chi connectivity index (χ1n) is 7.40. The van der Waals surface area contributed by atoms with Crippen LogP contribution in [-0.4, -0.2) is 6.61 Å². The lowest BCUT2D eigenvalue weighted by atomic mass is 9.95. The molecule has 0 saturated carbocycles. The molecule has 1 aliphatic rings. The van der Waals surface area contributed by atoms with Crippen molar-refractivity contribution in [3.8, 4) is 5.75 Å². The Balaban J connectivity index is 1.67. The normalized spacial score (nSPS) is 14.6. The zero-order valence-electron chi connectivity index (χ0n) is 12.2. The zero-order chi connectivity index (χ0) is 14.8. The van der Waals surface area contributed by atoms with Gasteiger partial charge in [-0.25, -0.2) is 0 Å². The molecule has 1 atom stereocenters. The van der Waals surface area contributed by atoms with Gasteiger partial charge in [-0.05, 0) is 60.2 Å². The van der Waals surface area contributed by atoms with Crippen molar-refractivity contribution in [3.63, 3.8) is 0 Å². The molecular weight excluding hydrogens is 326 g/mol. The molecule has 1 unspecified atom stereocenters. The summed E-state index contributed by atoms with van der Waals surface area (Å²) in [6.45, 7) is 2.93. The van der Waals surface area contributed by atoms with Crippen molar-refractivity contribution in [1.82, 2.24) is 0 Å². The minimum absolute atomic E-state index is 0.0857. The van der Waals surface area contributed by atoms with Gasteiger partial charge in [-0.2, -0.15) is 0 Å². The maximum atomic E-state index is 6.37. The van der Waals surface area contributed by atoms with Crippen LogP contribution < -0.4 is 10.5 Å². The van der Waals surface area contributed by atoms with Crippen molar-refractivity contribution in [1.29, 1.82) is 0 Å². The molecule has 21 heavy (non-hydrogen) atoms. The Hall–Kier alpha value is -1.32. The predicted molar refractivity (Wildman–Crippen MR) is 89.8 cm³/mol. The van der Waals surface area contributed by atoms with Gasteiger partial charge in [0.2, 0.25) is 0 Å². The molecule has 2 aromatic carbocycles. The molecule has 2 aromatic rings. The first-order valence-corrected chi connectivity index (χ1v) is 8.19. The number of nitrogens with two attached hydrogens (primary N) is 1. The van der Waals surface area contributed by atoms with Gasteiger partial charge in [0.25, 0.3) is 0 Å². The number of hydrogen-bond acceptors (Lipinski definition) is 2. The first-order chi connectivity index (χ1) is 10.1. The molecule has 0 aliphatic carbocycles. The van der Waals surface area contributed by atoms with E-state index in [2.05, 4.69) is 59.3 Å². The van der Waals surface area contributed by atoms with Gasteiger partial charge in [0.15, 0.2) is 0 Å². The van der Waals surface area contributed by atoms with E-state index in [4.69, 9.17) is 10.5 Å². The van der Waals surface area contributed by atoms with Gasteiger partial charge in [0, 0.05) is 16.9 Å². The highest BCUT2D eigenvalue weighted by Crippen LogP contribution is 2.28. The van der Waals surface area contributed by atoms with Crippen LogP contribution in [0.4, 0.5) is 0 Å². The van der Waals surface area contributed by atoms with Crippen LogP contribution in [0.2, 0.25) is 0 Å². The predicted octanol–water partition coefficient (Wildman–Crippen LogP) is 4.33. The largest absolute Gasteiger partial charge is 0.493 e. The van der Waals surface area contributed by atoms with Crippen LogP contribution in [0.3, 0.4) is 0 Å². The molecule has 0 spiro atoms. The molecule has 0 fully saturated rings. The second kappa shape index (κ2) is 6.20. The number of ether oxygens (including phenoxy) is 1. The summed E-state index contributed by atoms with van der Waals surface area (Å²) in [7, 11) is 0. The molecule has 0 aromatic heterocycles. The highest BCUT2D eigenvalue weighted by Gasteiger charge is 2.13. The SMILES string of the molecule is Cc1cc(Br)ccc1C(N)CCc1ccc2c(c1)CCO2. The summed E-state index contributed by atoms with van der Waals surface area (Å²) in [4.78, 5) is 0. The summed E-state index contributed by atoms with van der Waals surface area (Å²) in [6.07, 6.45) is 2.99. The van der Waals surface area contributed by atoms with Crippen molar-refractivity contribution in [2.75, 3.05) is 6.61 Å². The van der Waals surface area contributed by atoms with Gasteiger partial charge < -0.3 is 10.5 Å². The van der Waals surface area contributed by atoms with Gasteiger partial charge >= 0.3 is 0 Å². The van der Waals surface area contributed by atoms with E-state index in [-0.39, 0.29) is 6.04 Å². The molecule has 0 amide bonds. The minimum Gasteiger partial charge on any atom is -0.493 e. The summed E-state index contributed by atoms with van der Waals surface area (Å²) < 4.78 is 6.65. The number of aryl methyl sites for hydroxylation is 2. The highest BCUT2D eigenvalue weighted by atomic mass is 79.9. The summed E-state index contributed by atoms with van der Waals surface area (Å²) in [5.74, 6) is 1.05. The van der Waals surface area contributed by atoms with Crippen LogP contribution in [0.15, 0.2) is 40.9 Å². The Bertz CT molecular complexity index is 654.